The molecule has 0 aromatic heterocycles. The third-order valence-electron chi connectivity index (χ3n) is 6.43. The largest absolute Gasteiger partial charge is 0.508 e. The first-order chi connectivity index (χ1) is 14.3. The molecular weight excluding hydrogens is 388 g/mol. The van der Waals surface area contributed by atoms with Gasteiger partial charge in [-0.05, 0) is 85.0 Å². The second-order valence-corrected chi connectivity index (χ2v) is 15.4. The molecule has 0 saturated carbocycles. The number of phenolic OH excluding ortho intramolecular Hbond substituents is 1. The molecule has 1 fully saturated rings. The van der Waals surface area contributed by atoms with Crippen molar-refractivity contribution in [2.45, 2.75) is 12.5 Å². The Balaban J connectivity index is 1.69. The van der Waals surface area contributed by atoms with Gasteiger partial charge in [0, 0.05) is 6.61 Å². The minimum atomic E-state index is -1.19. The van der Waals surface area contributed by atoms with Crippen molar-refractivity contribution in [3.8, 4) is 5.75 Å². The van der Waals surface area contributed by atoms with Crippen LogP contribution in [0.15, 0.2) is 72.8 Å². The summed E-state index contributed by atoms with van der Waals surface area (Å²) < 4.78 is 5.94. The molecule has 0 aliphatic carbocycles. The van der Waals surface area contributed by atoms with Crippen LogP contribution in [-0.2, 0) is 4.43 Å². The van der Waals surface area contributed by atoms with Crippen molar-refractivity contribution in [3.05, 3.63) is 72.8 Å². The topological polar surface area (TPSA) is 29.5 Å². The number of hydrogen-bond acceptors (Lipinski definition) is 2. The third-order valence-corrected chi connectivity index (χ3v) is 14.2. The second kappa shape index (κ2) is 6.70. The molecule has 1 heterocycles. The molecule has 1 atom stereocenters. The Bertz CT molecular complexity index is 1400. The van der Waals surface area contributed by atoms with E-state index in [2.05, 4.69) is 66.7 Å². The van der Waals surface area contributed by atoms with E-state index in [1.807, 2.05) is 6.07 Å². The number of aromatic hydroxyl groups is 1. The van der Waals surface area contributed by atoms with Crippen molar-refractivity contribution in [1.82, 2.24) is 0 Å². The molecule has 1 aliphatic rings. The zero-order valence-corrected chi connectivity index (χ0v) is 18.8. The van der Waals surface area contributed by atoms with E-state index in [-0.39, 0.29) is 0 Å². The molecule has 0 bridgehead atoms. The SMILES string of the molecule is Oc1ccc2cc3ccc4cc5ccccc5cc4c3cc2c1[SiH]1CCCO[SiH2]1. The van der Waals surface area contributed by atoms with E-state index in [4.69, 9.17) is 4.43 Å². The highest BCUT2D eigenvalue weighted by Gasteiger charge is 2.24. The summed E-state index contributed by atoms with van der Waals surface area (Å²) in [5, 5.41) is 22.1. The number of hydrogen-bond donors (Lipinski definition) is 1. The second-order valence-electron chi connectivity index (χ2n) is 8.19. The molecule has 5 aromatic carbocycles. The van der Waals surface area contributed by atoms with Gasteiger partial charge < -0.3 is 9.53 Å². The lowest BCUT2D eigenvalue weighted by atomic mass is 9.96. The fourth-order valence-electron chi connectivity index (χ4n) is 4.98. The highest BCUT2D eigenvalue weighted by Crippen LogP contribution is 2.33. The standard InChI is InChI=1S/C25H22O2Si2/c26-24-9-8-20-13-19-7-6-18-12-16-4-1-2-5-17(16)14-21(18)22(19)15-23(20)25(24)29-11-3-10-27-28-29/h1-2,4-9,12-15,26,29H,3,10-11,28H2. The van der Waals surface area contributed by atoms with Crippen LogP contribution < -0.4 is 5.19 Å². The van der Waals surface area contributed by atoms with Crippen LogP contribution in [0.3, 0.4) is 0 Å². The molecule has 0 amide bonds. The van der Waals surface area contributed by atoms with Crippen molar-refractivity contribution >= 4 is 65.9 Å². The molecule has 29 heavy (non-hydrogen) atoms. The molecule has 1 unspecified atom stereocenters. The van der Waals surface area contributed by atoms with Gasteiger partial charge in [-0.1, -0.05) is 48.5 Å². The van der Waals surface area contributed by atoms with E-state index in [1.54, 1.807) is 0 Å². The van der Waals surface area contributed by atoms with Crippen LogP contribution in [0.4, 0.5) is 0 Å². The molecule has 0 spiro atoms. The molecule has 4 heteroatoms. The van der Waals surface area contributed by atoms with Gasteiger partial charge in [0.15, 0.2) is 9.28 Å². The number of rotatable bonds is 1. The maximum Gasteiger partial charge on any atom is 0.152 e. The molecule has 6 rings (SSSR count). The molecule has 1 saturated heterocycles. The summed E-state index contributed by atoms with van der Waals surface area (Å²) >= 11 is 0. The lowest BCUT2D eigenvalue weighted by Crippen LogP contribution is -2.41. The summed E-state index contributed by atoms with van der Waals surface area (Å²) in [6.45, 7) is 0.919. The predicted molar refractivity (Wildman–Crippen MR) is 129 cm³/mol. The minimum Gasteiger partial charge on any atom is -0.508 e. The van der Waals surface area contributed by atoms with Gasteiger partial charge in [-0.2, -0.15) is 0 Å². The highest BCUT2D eigenvalue weighted by molar-refractivity contribution is 7.18. The first-order valence-corrected chi connectivity index (χ1v) is 15.6. The van der Waals surface area contributed by atoms with Gasteiger partial charge in [0.2, 0.25) is 0 Å². The van der Waals surface area contributed by atoms with Crippen molar-refractivity contribution in [3.63, 3.8) is 0 Å². The van der Waals surface area contributed by atoms with Gasteiger partial charge in [-0.3, -0.25) is 0 Å². The quantitative estimate of drug-likeness (QED) is 0.251. The van der Waals surface area contributed by atoms with E-state index in [9.17, 15) is 5.11 Å². The monoisotopic (exact) mass is 410 g/mol. The molecule has 1 aliphatic heterocycles. The Labute approximate surface area is 173 Å². The lowest BCUT2D eigenvalue weighted by molar-refractivity contribution is 0.336. The van der Waals surface area contributed by atoms with Crippen LogP contribution in [0.25, 0.3) is 43.1 Å². The van der Waals surface area contributed by atoms with Crippen LogP contribution in [0, 0.1) is 0 Å². The number of phenols is 1. The average molecular weight is 411 g/mol. The smallest absolute Gasteiger partial charge is 0.152 e. The third kappa shape index (κ3) is 2.79. The van der Waals surface area contributed by atoms with Crippen LogP contribution in [0.5, 0.6) is 5.75 Å². The molecule has 142 valence electrons. The predicted octanol–water partition coefficient (Wildman–Crippen LogP) is 4.44. The zero-order valence-electron chi connectivity index (χ0n) is 16.2. The molecular formula is C25H22O2Si2. The summed E-state index contributed by atoms with van der Waals surface area (Å²) in [6.07, 6.45) is 1.14. The maximum atomic E-state index is 10.8. The van der Waals surface area contributed by atoms with E-state index in [0.29, 0.717) is 5.75 Å². The van der Waals surface area contributed by atoms with Gasteiger partial charge in [0.05, 0.1) is 8.31 Å². The van der Waals surface area contributed by atoms with Crippen LogP contribution in [-0.4, -0.2) is 29.3 Å². The van der Waals surface area contributed by atoms with E-state index < -0.39 is 17.6 Å². The summed E-state index contributed by atoms with van der Waals surface area (Å²) in [4.78, 5) is 0. The zero-order chi connectivity index (χ0) is 19.4. The lowest BCUT2D eigenvalue weighted by Gasteiger charge is -2.23. The van der Waals surface area contributed by atoms with Crippen molar-refractivity contribution in [2.24, 2.45) is 0 Å². The Morgan fingerprint density at radius 3 is 2.14 bits per heavy atom. The normalized spacial score (nSPS) is 18.3. The van der Waals surface area contributed by atoms with Crippen molar-refractivity contribution in [1.29, 1.82) is 0 Å². The van der Waals surface area contributed by atoms with Gasteiger partial charge in [-0.25, -0.2) is 0 Å². The number of benzene rings is 5. The first kappa shape index (κ1) is 17.2. The first-order valence-electron chi connectivity index (χ1n) is 10.4. The Hall–Kier alpha value is -2.67. The molecule has 2 nitrogen and oxygen atoms in total. The highest BCUT2D eigenvalue weighted by atomic mass is 29.2. The Morgan fingerprint density at radius 1 is 0.724 bits per heavy atom. The summed E-state index contributed by atoms with van der Waals surface area (Å²) in [5.74, 6) is 0.484. The summed E-state index contributed by atoms with van der Waals surface area (Å²) in [7, 11) is -1.72. The Kier molecular flexibility index (Phi) is 3.97. The number of fused-ring (bicyclic) bond motifs is 5. The van der Waals surface area contributed by atoms with Gasteiger partial charge in [0.1, 0.15) is 5.75 Å². The van der Waals surface area contributed by atoms with Crippen LogP contribution in [0.2, 0.25) is 6.04 Å². The summed E-state index contributed by atoms with van der Waals surface area (Å²) in [6, 6.07) is 27.5. The van der Waals surface area contributed by atoms with Crippen LogP contribution in [0.1, 0.15) is 6.42 Å². The van der Waals surface area contributed by atoms with Crippen molar-refractivity contribution in [2.75, 3.05) is 6.61 Å². The van der Waals surface area contributed by atoms with Gasteiger partial charge in [-0.15, -0.1) is 0 Å². The van der Waals surface area contributed by atoms with Gasteiger partial charge in [0.25, 0.3) is 0 Å². The molecule has 1 N–H and O–H groups in total. The van der Waals surface area contributed by atoms with E-state index >= 15 is 0 Å². The van der Waals surface area contributed by atoms with E-state index in [0.717, 1.165) is 13.0 Å². The maximum absolute atomic E-state index is 10.8. The fourth-order valence-corrected chi connectivity index (χ4v) is 12.6. The molecule has 0 radical (unpaired) electrons. The fraction of sp³-hybridized carbons (Fsp3) is 0.120. The van der Waals surface area contributed by atoms with Crippen LogP contribution >= 0.6 is 0 Å². The van der Waals surface area contributed by atoms with Crippen molar-refractivity contribution < 1.29 is 9.53 Å². The average Bonchev–Trinajstić information content (AvgIpc) is 2.77. The molecule has 5 aromatic rings. The summed E-state index contributed by atoms with van der Waals surface area (Å²) in [5.41, 5.74) is 0. The minimum absolute atomic E-state index is 0.484. The Morgan fingerprint density at radius 2 is 1.38 bits per heavy atom. The van der Waals surface area contributed by atoms with E-state index in [1.165, 1.54) is 54.3 Å². The van der Waals surface area contributed by atoms with Gasteiger partial charge >= 0.3 is 0 Å².